The van der Waals surface area contributed by atoms with E-state index < -0.39 is 0 Å². The number of hydrogen-bond donors (Lipinski definition) is 1. The molecule has 0 saturated carbocycles. The average molecular weight is 330 g/mol. The van der Waals surface area contributed by atoms with Gasteiger partial charge in [-0.15, -0.1) is 0 Å². The standard InChI is InChI=1S/C18H23FN4O/c1-14-4-2-3-11-22(14)13-10-20-18(24)17-9-12-23(21-17)16-7-5-15(19)6-8-16/h5-9,12,14H,2-4,10-11,13H2,1H3,(H,20,24)/t14-/m0/s1. The summed E-state index contributed by atoms with van der Waals surface area (Å²) in [4.78, 5) is 14.6. The molecule has 1 aliphatic heterocycles. The van der Waals surface area contributed by atoms with Gasteiger partial charge in [-0.05, 0) is 56.6 Å². The molecule has 3 rings (SSSR count). The van der Waals surface area contributed by atoms with Crippen molar-refractivity contribution in [3.8, 4) is 5.69 Å². The number of nitrogens with one attached hydrogen (secondary N) is 1. The number of halogens is 1. The molecule has 24 heavy (non-hydrogen) atoms. The molecule has 1 fully saturated rings. The molecule has 0 aliphatic carbocycles. The molecular formula is C18H23FN4O. The van der Waals surface area contributed by atoms with E-state index in [9.17, 15) is 9.18 Å². The van der Waals surface area contributed by atoms with Gasteiger partial charge in [0.15, 0.2) is 5.69 Å². The maximum Gasteiger partial charge on any atom is 0.271 e. The molecule has 0 radical (unpaired) electrons. The number of carbonyl (C=O) groups is 1. The molecule has 1 saturated heterocycles. The first-order valence-electron chi connectivity index (χ1n) is 8.47. The van der Waals surface area contributed by atoms with Crippen molar-refractivity contribution in [2.75, 3.05) is 19.6 Å². The molecular weight excluding hydrogens is 307 g/mol. The lowest BCUT2D eigenvalue weighted by Gasteiger charge is -2.33. The zero-order valence-electron chi connectivity index (χ0n) is 13.9. The highest BCUT2D eigenvalue weighted by atomic mass is 19.1. The zero-order valence-corrected chi connectivity index (χ0v) is 13.9. The minimum absolute atomic E-state index is 0.180. The molecule has 5 nitrogen and oxygen atoms in total. The molecule has 1 aliphatic rings. The number of carbonyl (C=O) groups excluding carboxylic acids is 1. The number of rotatable bonds is 5. The largest absolute Gasteiger partial charge is 0.349 e. The van der Waals surface area contributed by atoms with Crippen molar-refractivity contribution in [2.24, 2.45) is 0 Å². The summed E-state index contributed by atoms with van der Waals surface area (Å²) in [6.45, 7) is 4.83. The molecule has 1 N–H and O–H groups in total. The lowest BCUT2D eigenvalue weighted by Crippen LogP contribution is -2.42. The molecule has 2 aromatic rings. The fourth-order valence-corrected chi connectivity index (χ4v) is 3.08. The van der Waals surface area contributed by atoms with Crippen LogP contribution in [-0.2, 0) is 0 Å². The molecule has 1 atom stereocenters. The van der Waals surface area contributed by atoms with Crippen LogP contribution in [0.4, 0.5) is 4.39 Å². The Morgan fingerprint density at radius 2 is 2.08 bits per heavy atom. The maximum absolute atomic E-state index is 13.0. The van der Waals surface area contributed by atoms with Gasteiger partial charge in [0.25, 0.3) is 5.91 Å². The second-order valence-corrected chi connectivity index (χ2v) is 6.26. The Morgan fingerprint density at radius 1 is 1.29 bits per heavy atom. The van der Waals surface area contributed by atoms with Crippen LogP contribution in [-0.4, -0.2) is 46.3 Å². The van der Waals surface area contributed by atoms with Gasteiger partial charge >= 0.3 is 0 Å². The summed E-state index contributed by atoms with van der Waals surface area (Å²) < 4.78 is 14.5. The third kappa shape index (κ3) is 4.00. The molecule has 128 valence electrons. The van der Waals surface area contributed by atoms with E-state index in [0.717, 1.165) is 18.8 Å². The summed E-state index contributed by atoms with van der Waals surface area (Å²) in [5, 5.41) is 7.18. The topological polar surface area (TPSA) is 50.2 Å². The Kier molecular flexibility index (Phi) is 5.25. The number of likely N-dealkylation sites (tertiary alicyclic amines) is 1. The number of benzene rings is 1. The van der Waals surface area contributed by atoms with Gasteiger partial charge in [-0.2, -0.15) is 5.10 Å². The van der Waals surface area contributed by atoms with Crippen LogP contribution < -0.4 is 5.32 Å². The van der Waals surface area contributed by atoms with Crippen molar-refractivity contribution in [2.45, 2.75) is 32.2 Å². The Labute approximate surface area is 141 Å². The first-order valence-corrected chi connectivity index (χ1v) is 8.47. The Hall–Kier alpha value is -2.21. The second-order valence-electron chi connectivity index (χ2n) is 6.26. The lowest BCUT2D eigenvalue weighted by atomic mass is 10.0. The molecule has 0 unspecified atom stereocenters. The van der Waals surface area contributed by atoms with E-state index in [1.807, 2.05) is 0 Å². The second kappa shape index (κ2) is 7.57. The molecule has 6 heteroatoms. The monoisotopic (exact) mass is 330 g/mol. The lowest BCUT2D eigenvalue weighted by molar-refractivity contribution is 0.0933. The third-order valence-corrected chi connectivity index (χ3v) is 4.54. The first-order chi connectivity index (χ1) is 11.6. The van der Waals surface area contributed by atoms with Crippen LogP contribution in [0.2, 0.25) is 0 Å². The summed E-state index contributed by atoms with van der Waals surface area (Å²) in [5.74, 6) is -0.476. The summed E-state index contributed by atoms with van der Waals surface area (Å²) in [5.41, 5.74) is 1.09. The summed E-state index contributed by atoms with van der Waals surface area (Å²) >= 11 is 0. The molecule has 1 aromatic heterocycles. The van der Waals surface area contributed by atoms with Crippen LogP contribution in [0.5, 0.6) is 0 Å². The van der Waals surface area contributed by atoms with Crippen LogP contribution in [0.1, 0.15) is 36.7 Å². The van der Waals surface area contributed by atoms with E-state index in [0.29, 0.717) is 18.3 Å². The Morgan fingerprint density at radius 3 is 2.83 bits per heavy atom. The highest BCUT2D eigenvalue weighted by molar-refractivity contribution is 5.92. The molecule has 2 heterocycles. The van der Waals surface area contributed by atoms with Gasteiger partial charge < -0.3 is 5.32 Å². The van der Waals surface area contributed by atoms with Gasteiger partial charge in [0.2, 0.25) is 0 Å². The van der Waals surface area contributed by atoms with E-state index in [-0.39, 0.29) is 11.7 Å². The number of nitrogens with zero attached hydrogens (tertiary/aromatic N) is 3. The maximum atomic E-state index is 13.0. The van der Waals surface area contributed by atoms with Crippen LogP contribution in [0.3, 0.4) is 0 Å². The van der Waals surface area contributed by atoms with E-state index in [2.05, 4.69) is 22.2 Å². The number of aromatic nitrogens is 2. The third-order valence-electron chi connectivity index (χ3n) is 4.54. The Balaban J connectivity index is 1.53. The Bertz CT molecular complexity index is 683. The van der Waals surface area contributed by atoms with Crippen LogP contribution >= 0.6 is 0 Å². The first kappa shape index (κ1) is 16.6. The summed E-state index contributed by atoms with van der Waals surface area (Å²) in [6, 6.07) is 8.26. The molecule has 1 amide bonds. The molecule has 0 spiro atoms. The van der Waals surface area contributed by atoms with Crippen LogP contribution in [0.15, 0.2) is 36.5 Å². The summed E-state index contributed by atoms with van der Waals surface area (Å²) in [7, 11) is 0. The van der Waals surface area contributed by atoms with Crippen molar-refractivity contribution in [1.29, 1.82) is 0 Å². The van der Waals surface area contributed by atoms with Crippen molar-refractivity contribution in [1.82, 2.24) is 20.0 Å². The van der Waals surface area contributed by atoms with Crippen LogP contribution in [0, 0.1) is 5.82 Å². The smallest absolute Gasteiger partial charge is 0.271 e. The SMILES string of the molecule is C[C@H]1CCCCN1CCNC(=O)c1ccn(-c2ccc(F)cc2)n1. The molecule has 0 bridgehead atoms. The number of hydrogen-bond acceptors (Lipinski definition) is 3. The summed E-state index contributed by atoms with van der Waals surface area (Å²) in [6.07, 6.45) is 5.47. The fourth-order valence-electron chi connectivity index (χ4n) is 3.08. The molecule has 1 aromatic carbocycles. The minimum atomic E-state index is -0.296. The van der Waals surface area contributed by atoms with Gasteiger partial charge in [-0.1, -0.05) is 6.42 Å². The predicted octanol–water partition coefficient (Wildman–Crippen LogP) is 2.62. The predicted molar refractivity (Wildman–Crippen MR) is 90.7 cm³/mol. The van der Waals surface area contributed by atoms with Crippen molar-refractivity contribution >= 4 is 5.91 Å². The average Bonchev–Trinajstić information content (AvgIpc) is 3.07. The quantitative estimate of drug-likeness (QED) is 0.917. The van der Waals surface area contributed by atoms with E-state index in [4.69, 9.17) is 0 Å². The van der Waals surface area contributed by atoms with Crippen molar-refractivity contribution in [3.63, 3.8) is 0 Å². The highest BCUT2D eigenvalue weighted by Gasteiger charge is 2.18. The van der Waals surface area contributed by atoms with Gasteiger partial charge in [0, 0.05) is 25.3 Å². The van der Waals surface area contributed by atoms with Crippen LogP contribution in [0.25, 0.3) is 5.69 Å². The fraction of sp³-hybridized carbons (Fsp3) is 0.444. The van der Waals surface area contributed by atoms with Gasteiger partial charge in [-0.3, -0.25) is 9.69 Å². The van der Waals surface area contributed by atoms with Gasteiger partial charge in [0.05, 0.1) is 5.69 Å². The number of amides is 1. The van der Waals surface area contributed by atoms with E-state index >= 15 is 0 Å². The van der Waals surface area contributed by atoms with Gasteiger partial charge in [0.1, 0.15) is 5.82 Å². The zero-order chi connectivity index (χ0) is 16.9. The highest BCUT2D eigenvalue weighted by Crippen LogP contribution is 2.15. The number of piperidine rings is 1. The van der Waals surface area contributed by atoms with Crippen molar-refractivity contribution < 1.29 is 9.18 Å². The minimum Gasteiger partial charge on any atom is -0.349 e. The van der Waals surface area contributed by atoms with E-state index in [1.165, 1.54) is 31.4 Å². The normalized spacial score (nSPS) is 18.5. The van der Waals surface area contributed by atoms with Crippen molar-refractivity contribution in [3.05, 3.63) is 48.0 Å². The van der Waals surface area contributed by atoms with Gasteiger partial charge in [-0.25, -0.2) is 9.07 Å². The van der Waals surface area contributed by atoms with E-state index in [1.54, 1.807) is 29.1 Å².